The lowest BCUT2D eigenvalue weighted by Gasteiger charge is -2.05. The molecule has 0 aliphatic carbocycles. The monoisotopic (exact) mass is 241 g/mol. The maximum absolute atomic E-state index is 11.1. The van der Waals surface area contributed by atoms with E-state index in [-0.39, 0.29) is 5.97 Å². The highest BCUT2D eigenvalue weighted by Gasteiger charge is 2.13. The van der Waals surface area contributed by atoms with Crippen molar-refractivity contribution in [1.82, 2.24) is 0 Å². The van der Waals surface area contributed by atoms with Gasteiger partial charge in [0, 0.05) is 11.0 Å². The molecule has 68 valence electrons. The zero-order valence-electron chi connectivity index (χ0n) is 6.84. The normalized spacial score (nSPS) is 15.3. The zero-order chi connectivity index (χ0) is 9.26. The highest BCUT2D eigenvalue weighted by molar-refractivity contribution is 9.10. The number of anilines is 1. The molecule has 13 heavy (non-hydrogen) atoms. The average Bonchev–Trinajstić information content (AvgIpc) is 2.25. The number of hydrogen-bond donors (Lipinski definition) is 1. The molecule has 0 aromatic heterocycles. The molecule has 1 aromatic carbocycles. The van der Waals surface area contributed by atoms with Crippen molar-refractivity contribution in [3.05, 3.63) is 22.7 Å². The summed E-state index contributed by atoms with van der Waals surface area (Å²) in [5.41, 5.74) is 0.869. The molecule has 0 saturated carbocycles. The van der Waals surface area contributed by atoms with Gasteiger partial charge in [0.2, 0.25) is 0 Å². The zero-order valence-corrected chi connectivity index (χ0v) is 8.43. The Labute approximate surface area is 84.2 Å². The second-order valence-corrected chi connectivity index (χ2v) is 3.71. The third-order valence-electron chi connectivity index (χ3n) is 1.81. The SMILES string of the molecule is O=C1CCNc2ccc(Br)cc2O1. The summed E-state index contributed by atoms with van der Waals surface area (Å²) in [7, 11) is 0. The number of hydrogen-bond acceptors (Lipinski definition) is 3. The van der Waals surface area contributed by atoms with Gasteiger partial charge in [0.25, 0.3) is 0 Å². The van der Waals surface area contributed by atoms with Crippen molar-refractivity contribution in [3.63, 3.8) is 0 Å². The van der Waals surface area contributed by atoms with Gasteiger partial charge < -0.3 is 10.1 Å². The number of ether oxygens (including phenoxy) is 1. The topological polar surface area (TPSA) is 38.3 Å². The number of carbonyl (C=O) groups excluding carboxylic acids is 1. The van der Waals surface area contributed by atoms with E-state index in [1.165, 1.54) is 0 Å². The molecule has 1 heterocycles. The summed E-state index contributed by atoms with van der Waals surface area (Å²) in [5.74, 6) is 0.404. The lowest BCUT2D eigenvalue weighted by molar-refractivity contribution is -0.133. The van der Waals surface area contributed by atoms with Crippen molar-refractivity contribution in [1.29, 1.82) is 0 Å². The van der Waals surface area contributed by atoms with Crippen LogP contribution in [-0.4, -0.2) is 12.5 Å². The number of halogens is 1. The Kier molecular flexibility index (Phi) is 2.22. The highest BCUT2D eigenvalue weighted by Crippen LogP contribution is 2.29. The lowest BCUT2D eigenvalue weighted by Crippen LogP contribution is -2.08. The first-order valence-electron chi connectivity index (χ1n) is 4.00. The fourth-order valence-corrected chi connectivity index (χ4v) is 1.54. The van der Waals surface area contributed by atoms with Crippen molar-refractivity contribution in [3.8, 4) is 5.75 Å². The molecular weight excluding hydrogens is 234 g/mol. The minimum Gasteiger partial charge on any atom is -0.424 e. The van der Waals surface area contributed by atoms with Gasteiger partial charge in [-0.3, -0.25) is 4.79 Å². The molecule has 3 nitrogen and oxygen atoms in total. The number of benzene rings is 1. The molecule has 0 unspecified atom stereocenters. The minimum absolute atomic E-state index is 0.190. The number of carbonyl (C=O) groups is 1. The van der Waals surface area contributed by atoms with Gasteiger partial charge in [-0.15, -0.1) is 0 Å². The van der Waals surface area contributed by atoms with E-state index in [2.05, 4.69) is 21.2 Å². The van der Waals surface area contributed by atoms with E-state index < -0.39 is 0 Å². The third-order valence-corrected chi connectivity index (χ3v) is 2.31. The van der Waals surface area contributed by atoms with Crippen LogP contribution >= 0.6 is 15.9 Å². The molecule has 1 aliphatic heterocycles. The summed E-state index contributed by atoms with van der Waals surface area (Å²) in [5, 5.41) is 3.12. The van der Waals surface area contributed by atoms with Crippen LogP contribution in [0.5, 0.6) is 5.75 Å². The van der Waals surface area contributed by atoms with E-state index in [0.717, 1.165) is 10.2 Å². The number of rotatable bonds is 0. The molecule has 0 fully saturated rings. The van der Waals surface area contributed by atoms with Crippen molar-refractivity contribution in [2.45, 2.75) is 6.42 Å². The van der Waals surface area contributed by atoms with Gasteiger partial charge in [-0.25, -0.2) is 0 Å². The van der Waals surface area contributed by atoms with Crippen molar-refractivity contribution in [2.24, 2.45) is 0 Å². The predicted octanol–water partition coefficient (Wildman–Crippen LogP) is 2.17. The summed E-state index contributed by atoms with van der Waals surface area (Å²) in [6.07, 6.45) is 0.409. The van der Waals surface area contributed by atoms with E-state index in [0.29, 0.717) is 18.7 Å². The number of nitrogens with one attached hydrogen (secondary N) is 1. The Balaban J connectivity index is 2.40. The molecule has 4 heteroatoms. The van der Waals surface area contributed by atoms with Gasteiger partial charge in [0.15, 0.2) is 5.75 Å². The van der Waals surface area contributed by atoms with Crippen molar-refractivity contribution >= 4 is 27.6 Å². The fourth-order valence-electron chi connectivity index (χ4n) is 1.20. The van der Waals surface area contributed by atoms with Gasteiger partial charge in [-0.1, -0.05) is 15.9 Å². The Morgan fingerprint density at radius 1 is 1.46 bits per heavy atom. The quantitative estimate of drug-likeness (QED) is 0.559. The second-order valence-electron chi connectivity index (χ2n) is 2.79. The van der Waals surface area contributed by atoms with Crippen LogP contribution < -0.4 is 10.1 Å². The summed E-state index contributed by atoms with van der Waals surface area (Å²) < 4.78 is 6.01. The molecular formula is C9H8BrNO2. The summed E-state index contributed by atoms with van der Waals surface area (Å²) in [6, 6.07) is 5.58. The molecule has 1 aliphatic rings. The Morgan fingerprint density at radius 2 is 2.31 bits per heavy atom. The molecule has 1 aromatic rings. The highest BCUT2D eigenvalue weighted by atomic mass is 79.9. The lowest BCUT2D eigenvalue weighted by atomic mass is 10.3. The van der Waals surface area contributed by atoms with Gasteiger partial charge >= 0.3 is 5.97 Å². The molecule has 0 radical (unpaired) electrons. The Morgan fingerprint density at radius 3 is 3.15 bits per heavy atom. The van der Waals surface area contributed by atoms with Crippen LogP contribution in [0.1, 0.15) is 6.42 Å². The van der Waals surface area contributed by atoms with Crippen LogP contribution in [0.25, 0.3) is 0 Å². The van der Waals surface area contributed by atoms with Crippen LogP contribution in [0.3, 0.4) is 0 Å². The van der Waals surface area contributed by atoms with Gasteiger partial charge in [0.1, 0.15) is 0 Å². The third kappa shape index (κ3) is 1.83. The van der Waals surface area contributed by atoms with Gasteiger partial charge in [-0.05, 0) is 18.2 Å². The van der Waals surface area contributed by atoms with Crippen LogP contribution in [0.4, 0.5) is 5.69 Å². The van der Waals surface area contributed by atoms with Crippen LogP contribution in [0.2, 0.25) is 0 Å². The molecule has 0 atom stereocenters. The first-order valence-corrected chi connectivity index (χ1v) is 4.79. The van der Waals surface area contributed by atoms with Crippen molar-refractivity contribution < 1.29 is 9.53 Å². The van der Waals surface area contributed by atoms with Crippen LogP contribution in [0.15, 0.2) is 22.7 Å². The molecule has 2 rings (SSSR count). The molecule has 0 saturated heterocycles. The largest absolute Gasteiger partial charge is 0.424 e. The molecule has 0 bridgehead atoms. The van der Waals surface area contributed by atoms with E-state index in [1.54, 1.807) is 6.07 Å². The summed E-state index contributed by atoms with van der Waals surface area (Å²) in [4.78, 5) is 11.1. The first-order chi connectivity index (χ1) is 6.25. The van der Waals surface area contributed by atoms with Gasteiger partial charge in [0.05, 0.1) is 12.1 Å². The summed E-state index contributed by atoms with van der Waals surface area (Å²) >= 11 is 3.32. The van der Waals surface area contributed by atoms with E-state index >= 15 is 0 Å². The Hall–Kier alpha value is -1.03. The fraction of sp³-hybridized carbons (Fsp3) is 0.222. The van der Waals surface area contributed by atoms with E-state index in [1.807, 2.05) is 12.1 Å². The first kappa shape index (κ1) is 8.56. The van der Waals surface area contributed by atoms with E-state index in [9.17, 15) is 4.79 Å². The van der Waals surface area contributed by atoms with Crippen LogP contribution in [-0.2, 0) is 4.79 Å². The second kappa shape index (κ2) is 3.38. The smallest absolute Gasteiger partial charge is 0.313 e. The maximum Gasteiger partial charge on any atom is 0.313 e. The minimum atomic E-state index is -0.190. The molecule has 1 N–H and O–H groups in total. The number of fused-ring (bicyclic) bond motifs is 1. The van der Waals surface area contributed by atoms with Crippen molar-refractivity contribution in [2.75, 3.05) is 11.9 Å². The summed E-state index contributed by atoms with van der Waals surface area (Å²) in [6.45, 7) is 0.632. The number of esters is 1. The maximum atomic E-state index is 11.1. The van der Waals surface area contributed by atoms with Crippen LogP contribution in [0, 0.1) is 0 Å². The van der Waals surface area contributed by atoms with Gasteiger partial charge in [-0.2, -0.15) is 0 Å². The Bertz CT molecular complexity index is 351. The standard InChI is InChI=1S/C9H8BrNO2/c10-6-1-2-7-8(5-6)13-9(12)3-4-11-7/h1-2,5,11H,3-4H2. The van der Waals surface area contributed by atoms with E-state index in [4.69, 9.17) is 4.74 Å². The predicted molar refractivity (Wildman–Crippen MR) is 52.9 cm³/mol. The molecule has 0 amide bonds. The molecule has 0 spiro atoms. The average molecular weight is 242 g/mol.